The second-order valence-electron chi connectivity index (χ2n) is 4.19. The summed E-state index contributed by atoms with van der Waals surface area (Å²) in [6.45, 7) is 0.387. The van der Waals surface area contributed by atoms with Gasteiger partial charge in [-0.05, 0) is 24.3 Å². The molecule has 20 heavy (non-hydrogen) atoms. The molecule has 0 aliphatic carbocycles. The van der Waals surface area contributed by atoms with E-state index in [9.17, 15) is 4.79 Å². The van der Waals surface area contributed by atoms with Gasteiger partial charge in [0, 0.05) is 12.4 Å². The summed E-state index contributed by atoms with van der Waals surface area (Å²) < 4.78 is 5.29. The molecule has 0 atom stereocenters. The Morgan fingerprint density at radius 1 is 1.25 bits per heavy atom. The Hall–Kier alpha value is -2.89. The minimum absolute atomic E-state index is 0.214. The number of carbonyl (C=O) groups is 1. The number of nitrogens with one attached hydrogen (secondary N) is 1. The van der Waals surface area contributed by atoms with E-state index in [4.69, 9.17) is 9.52 Å². The molecule has 0 bridgehead atoms. The summed E-state index contributed by atoms with van der Waals surface area (Å²) in [5, 5.41) is 12.9. The first-order valence-electron chi connectivity index (χ1n) is 5.98. The van der Waals surface area contributed by atoms with Gasteiger partial charge in [0.25, 0.3) is 0 Å². The third-order valence-electron chi connectivity index (χ3n) is 2.88. The number of anilines is 1. The van der Waals surface area contributed by atoms with Crippen LogP contribution in [0.1, 0.15) is 16.1 Å². The molecule has 3 heterocycles. The van der Waals surface area contributed by atoms with Gasteiger partial charge in [-0.3, -0.25) is 4.98 Å². The molecule has 2 N–H and O–H groups in total. The molecule has 0 unspecified atom stereocenters. The molecule has 3 aromatic heterocycles. The Bertz CT molecular complexity index is 767. The molecule has 3 rings (SSSR count). The van der Waals surface area contributed by atoms with Gasteiger partial charge >= 0.3 is 5.97 Å². The number of aromatic nitrogens is 2. The highest BCUT2D eigenvalue weighted by molar-refractivity contribution is 5.88. The number of carboxylic acids is 1. The van der Waals surface area contributed by atoms with Crippen LogP contribution in [0, 0.1) is 0 Å². The van der Waals surface area contributed by atoms with Gasteiger partial charge in [0.2, 0.25) is 0 Å². The summed E-state index contributed by atoms with van der Waals surface area (Å²) in [7, 11) is 0. The van der Waals surface area contributed by atoms with Crippen molar-refractivity contribution in [3.8, 4) is 0 Å². The lowest BCUT2D eigenvalue weighted by Crippen LogP contribution is -2.05. The maximum atomic E-state index is 10.9. The summed E-state index contributed by atoms with van der Waals surface area (Å²) in [6.07, 6.45) is 4.72. The molecule has 6 nitrogen and oxygen atoms in total. The molecule has 6 heteroatoms. The summed E-state index contributed by atoms with van der Waals surface area (Å²) in [6, 6.07) is 6.60. The average Bonchev–Trinajstić information content (AvgIpc) is 2.94. The van der Waals surface area contributed by atoms with Crippen molar-refractivity contribution in [3.05, 3.63) is 54.2 Å². The van der Waals surface area contributed by atoms with Crippen molar-refractivity contribution in [3.63, 3.8) is 0 Å². The zero-order valence-electron chi connectivity index (χ0n) is 10.4. The van der Waals surface area contributed by atoms with Crippen molar-refractivity contribution in [2.24, 2.45) is 0 Å². The molecule has 0 aromatic carbocycles. The number of aromatic carboxylic acids is 1. The highest BCUT2D eigenvalue weighted by Crippen LogP contribution is 2.22. The normalized spacial score (nSPS) is 10.6. The topological polar surface area (TPSA) is 88.2 Å². The molecule has 0 saturated carbocycles. The Morgan fingerprint density at radius 2 is 2.10 bits per heavy atom. The van der Waals surface area contributed by atoms with Gasteiger partial charge in [0.05, 0.1) is 29.5 Å². The molecular weight excluding hydrogens is 258 g/mol. The number of rotatable bonds is 4. The van der Waals surface area contributed by atoms with Crippen molar-refractivity contribution in [1.29, 1.82) is 0 Å². The maximum absolute atomic E-state index is 10.9. The van der Waals surface area contributed by atoms with E-state index in [2.05, 4.69) is 15.3 Å². The minimum Gasteiger partial charge on any atom is -0.478 e. The molecule has 3 aromatic rings. The summed E-state index contributed by atoms with van der Waals surface area (Å²) in [5.74, 6) is -0.289. The average molecular weight is 269 g/mol. The highest BCUT2D eigenvalue weighted by Gasteiger charge is 2.07. The van der Waals surface area contributed by atoms with Gasteiger partial charge in [-0.25, -0.2) is 9.78 Å². The van der Waals surface area contributed by atoms with Crippen molar-refractivity contribution < 1.29 is 14.3 Å². The van der Waals surface area contributed by atoms with Gasteiger partial charge in [-0.1, -0.05) is 0 Å². The van der Waals surface area contributed by atoms with Gasteiger partial charge in [-0.15, -0.1) is 0 Å². The second-order valence-corrected chi connectivity index (χ2v) is 4.19. The van der Waals surface area contributed by atoms with Crippen LogP contribution in [0.4, 0.5) is 5.82 Å². The molecule has 0 aliphatic heterocycles. The predicted octanol–water partition coefficient (Wildman–Crippen LogP) is 2.53. The smallest absolute Gasteiger partial charge is 0.335 e. The van der Waals surface area contributed by atoms with E-state index < -0.39 is 5.97 Å². The van der Waals surface area contributed by atoms with Crippen molar-refractivity contribution in [1.82, 2.24) is 9.97 Å². The quantitative estimate of drug-likeness (QED) is 0.756. The number of carboxylic acid groups (broad SMARTS) is 1. The number of furan rings is 1. The zero-order chi connectivity index (χ0) is 13.9. The first-order valence-corrected chi connectivity index (χ1v) is 5.98. The van der Waals surface area contributed by atoms with E-state index in [0.717, 1.165) is 11.0 Å². The number of nitrogens with zero attached hydrogens (tertiary/aromatic N) is 2. The molecule has 0 fully saturated rings. The van der Waals surface area contributed by atoms with E-state index in [0.29, 0.717) is 18.1 Å². The van der Waals surface area contributed by atoms with Crippen LogP contribution < -0.4 is 5.32 Å². The fraction of sp³-hybridized carbons (Fsp3) is 0.0714. The van der Waals surface area contributed by atoms with Crippen molar-refractivity contribution in [2.75, 3.05) is 5.32 Å². The standard InChI is InChI=1S/C14H11N3O3/c18-14(19)9-1-4-15-10(7-9)8-17-13-11-3-6-20-12(11)2-5-16-13/h1-7H,8H2,(H,16,17)(H,18,19). The molecule has 0 radical (unpaired) electrons. The van der Waals surface area contributed by atoms with Crippen molar-refractivity contribution in [2.45, 2.75) is 6.54 Å². The van der Waals surface area contributed by atoms with E-state index >= 15 is 0 Å². The van der Waals surface area contributed by atoms with Gasteiger partial charge < -0.3 is 14.8 Å². The monoisotopic (exact) mass is 269 g/mol. The van der Waals surface area contributed by atoms with Crippen LogP contribution in [-0.2, 0) is 6.54 Å². The Morgan fingerprint density at radius 3 is 2.95 bits per heavy atom. The van der Waals surface area contributed by atoms with Gasteiger partial charge in [-0.2, -0.15) is 0 Å². The van der Waals surface area contributed by atoms with Crippen LogP contribution in [0.15, 0.2) is 47.3 Å². The van der Waals surface area contributed by atoms with Crippen LogP contribution in [0.5, 0.6) is 0 Å². The SMILES string of the molecule is O=C(O)c1ccnc(CNc2nccc3occc23)c1. The molecule has 0 aliphatic rings. The second kappa shape index (κ2) is 5.00. The lowest BCUT2D eigenvalue weighted by atomic mass is 10.2. The van der Waals surface area contributed by atoms with E-state index in [1.807, 2.05) is 6.07 Å². The number of hydrogen-bond donors (Lipinski definition) is 2. The highest BCUT2D eigenvalue weighted by atomic mass is 16.4. The van der Waals surface area contributed by atoms with Crippen LogP contribution in [0.25, 0.3) is 11.0 Å². The lowest BCUT2D eigenvalue weighted by molar-refractivity contribution is 0.0696. The van der Waals surface area contributed by atoms with Crippen LogP contribution >= 0.6 is 0 Å². The first-order chi connectivity index (χ1) is 9.74. The zero-order valence-corrected chi connectivity index (χ0v) is 10.4. The predicted molar refractivity (Wildman–Crippen MR) is 72.5 cm³/mol. The molecule has 0 saturated heterocycles. The van der Waals surface area contributed by atoms with Crippen LogP contribution in [-0.4, -0.2) is 21.0 Å². The number of hydrogen-bond acceptors (Lipinski definition) is 5. The number of fused-ring (bicyclic) bond motifs is 1. The molecular formula is C14H11N3O3. The molecule has 100 valence electrons. The summed E-state index contributed by atoms with van der Waals surface area (Å²) in [4.78, 5) is 19.3. The fourth-order valence-corrected chi connectivity index (χ4v) is 1.92. The number of pyridine rings is 2. The Labute approximate surface area is 114 Å². The van der Waals surface area contributed by atoms with Crippen molar-refractivity contribution >= 4 is 22.8 Å². The third kappa shape index (κ3) is 2.31. The molecule has 0 amide bonds. The van der Waals surface area contributed by atoms with Crippen LogP contribution in [0.3, 0.4) is 0 Å². The molecule has 0 spiro atoms. The largest absolute Gasteiger partial charge is 0.478 e. The maximum Gasteiger partial charge on any atom is 0.335 e. The van der Waals surface area contributed by atoms with E-state index in [1.54, 1.807) is 18.5 Å². The fourth-order valence-electron chi connectivity index (χ4n) is 1.92. The third-order valence-corrected chi connectivity index (χ3v) is 2.88. The lowest BCUT2D eigenvalue weighted by Gasteiger charge is -2.06. The van der Waals surface area contributed by atoms with E-state index in [-0.39, 0.29) is 5.56 Å². The first kappa shape index (κ1) is 12.2. The summed E-state index contributed by atoms with van der Waals surface area (Å²) >= 11 is 0. The Kier molecular flexibility index (Phi) is 3.04. The Balaban J connectivity index is 1.81. The van der Waals surface area contributed by atoms with Gasteiger partial charge in [0.1, 0.15) is 11.4 Å². The van der Waals surface area contributed by atoms with Gasteiger partial charge in [0.15, 0.2) is 0 Å². The summed E-state index contributed by atoms with van der Waals surface area (Å²) in [5.41, 5.74) is 1.59. The van der Waals surface area contributed by atoms with Crippen LogP contribution in [0.2, 0.25) is 0 Å². The van der Waals surface area contributed by atoms with E-state index in [1.165, 1.54) is 18.3 Å². The minimum atomic E-state index is -0.969.